The molecule has 0 radical (unpaired) electrons. The van der Waals surface area contributed by atoms with Crippen molar-refractivity contribution < 1.29 is 4.74 Å². The predicted molar refractivity (Wildman–Crippen MR) is 131 cm³/mol. The molecule has 0 unspecified atom stereocenters. The highest BCUT2D eigenvalue weighted by Crippen LogP contribution is 2.50. The third kappa shape index (κ3) is 3.42. The van der Waals surface area contributed by atoms with Crippen LogP contribution in [0.1, 0.15) is 5.56 Å². The lowest BCUT2D eigenvalue weighted by Crippen LogP contribution is -2.22. The van der Waals surface area contributed by atoms with Gasteiger partial charge in [0.05, 0.1) is 41.7 Å². The Balaban J connectivity index is 1.60. The second kappa shape index (κ2) is 7.91. The molecule has 4 aromatic rings. The second-order valence-corrected chi connectivity index (χ2v) is 7.96. The zero-order chi connectivity index (χ0) is 22.2. The maximum atomic E-state index is 6.20. The fourth-order valence-corrected chi connectivity index (χ4v) is 4.25. The minimum atomic E-state index is 0.764. The van der Waals surface area contributed by atoms with Crippen LogP contribution in [0, 0.1) is 0 Å². The molecule has 0 aliphatic carbocycles. The highest BCUT2D eigenvalue weighted by Gasteiger charge is 2.26. The number of fused-ring (bicyclic) bond motifs is 2. The van der Waals surface area contributed by atoms with Crippen LogP contribution in [0.25, 0.3) is 17.0 Å². The van der Waals surface area contributed by atoms with E-state index in [4.69, 9.17) is 4.74 Å². The van der Waals surface area contributed by atoms with E-state index in [9.17, 15) is 0 Å². The largest absolute Gasteiger partial charge is 0.453 e. The molecule has 160 valence electrons. The molecule has 6 heteroatoms. The summed E-state index contributed by atoms with van der Waals surface area (Å²) in [5.41, 5.74) is 6.91. The molecule has 6 rings (SSSR count). The summed E-state index contributed by atoms with van der Waals surface area (Å²) in [6.45, 7) is 0.764. The predicted octanol–water partition coefficient (Wildman–Crippen LogP) is 6.03. The van der Waals surface area contributed by atoms with E-state index >= 15 is 0 Å². The van der Waals surface area contributed by atoms with Gasteiger partial charge in [0, 0.05) is 42.5 Å². The lowest BCUT2D eigenvalue weighted by Gasteiger charge is -2.33. The monoisotopic (exact) mass is 431 g/mol. The topological polar surface area (TPSA) is 53.9 Å². The quantitative estimate of drug-likeness (QED) is 0.349. The first kappa shape index (κ1) is 19.3. The molecule has 0 spiro atoms. The fourth-order valence-electron chi connectivity index (χ4n) is 4.25. The minimum absolute atomic E-state index is 0.764. The number of hydrogen-bond acceptors (Lipinski definition) is 6. The van der Waals surface area contributed by atoms with Crippen molar-refractivity contribution in [2.45, 2.75) is 0 Å². The van der Waals surface area contributed by atoms with Crippen LogP contribution in [0.3, 0.4) is 0 Å². The Morgan fingerprint density at radius 1 is 0.848 bits per heavy atom. The van der Waals surface area contributed by atoms with Gasteiger partial charge in [0.15, 0.2) is 11.5 Å². The lowest BCUT2D eigenvalue weighted by atomic mass is 10.0. The highest BCUT2D eigenvalue weighted by molar-refractivity contribution is 5.89. The Labute approximate surface area is 192 Å². The van der Waals surface area contributed by atoms with Crippen molar-refractivity contribution in [3.8, 4) is 22.8 Å². The van der Waals surface area contributed by atoms with Crippen LogP contribution in [-0.4, -0.2) is 34.7 Å². The average Bonchev–Trinajstić information content (AvgIpc) is 2.88. The number of ether oxygens (including phenoxy) is 1. The summed E-state index contributed by atoms with van der Waals surface area (Å²) in [5.74, 6) is 1.64. The minimum Gasteiger partial charge on any atom is -0.453 e. The summed E-state index contributed by atoms with van der Waals surface area (Å²) in [5, 5.41) is 0. The van der Waals surface area contributed by atoms with Gasteiger partial charge in [0.25, 0.3) is 0 Å². The van der Waals surface area contributed by atoms with Crippen molar-refractivity contribution in [3.63, 3.8) is 0 Å². The van der Waals surface area contributed by atoms with Gasteiger partial charge < -0.3 is 14.5 Å². The molecule has 0 saturated heterocycles. The third-order valence-corrected chi connectivity index (χ3v) is 5.83. The van der Waals surface area contributed by atoms with Gasteiger partial charge in [-0.15, -0.1) is 0 Å². The second-order valence-electron chi connectivity index (χ2n) is 7.96. The molecule has 0 atom stereocenters. The van der Waals surface area contributed by atoms with Gasteiger partial charge in [0.2, 0.25) is 0 Å². The molecule has 2 aliphatic rings. The first-order valence-corrected chi connectivity index (χ1v) is 10.8. The number of anilines is 3. The Kier molecular flexibility index (Phi) is 4.61. The summed E-state index contributed by atoms with van der Waals surface area (Å²) in [4.78, 5) is 17.7. The van der Waals surface area contributed by atoms with E-state index in [1.165, 1.54) is 0 Å². The summed E-state index contributed by atoms with van der Waals surface area (Å²) in [6.07, 6.45) is 9.02. The maximum absolute atomic E-state index is 6.20. The lowest BCUT2D eigenvalue weighted by molar-refractivity contribution is 0.477. The first-order chi connectivity index (χ1) is 16.3. The molecule has 1 aromatic heterocycles. The summed E-state index contributed by atoms with van der Waals surface area (Å²) < 4.78 is 6.20. The fraction of sp³-hybridized carbons (Fsp3) is 0.0741. The average molecular weight is 431 g/mol. The highest BCUT2D eigenvalue weighted by atomic mass is 16.5. The molecule has 33 heavy (non-hydrogen) atoms. The number of hydrogen-bond donors (Lipinski definition) is 0. The summed E-state index contributed by atoms with van der Waals surface area (Å²) in [6, 6.07) is 22.7. The van der Waals surface area contributed by atoms with E-state index < -0.39 is 0 Å². The van der Waals surface area contributed by atoms with E-state index in [0.29, 0.717) is 0 Å². The van der Waals surface area contributed by atoms with Gasteiger partial charge in [0.1, 0.15) is 0 Å². The Hall–Kier alpha value is -4.45. The van der Waals surface area contributed by atoms with Crippen molar-refractivity contribution in [1.29, 1.82) is 0 Å². The van der Waals surface area contributed by atoms with Crippen LogP contribution < -0.4 is 9.64 Å². The molecule has 0 saturated carbocycles. The van der Waals surface area contributed by atoms with Gasteiger partial charge in [-0.2, -0.15) is 0 Å². The SMILES string of the molecule is CN1CC=NC=C1c1cc(-c2cnccn2)cc(N2c3ccccc3Oc3ccccc32)c1. The van der Waals surface area contributed by atoms with E-state index in [2.05, 4.69) is 62.1 Å². The van der Waals surface area contributed by atoms with Crippen LogP contribution in [0.15, 0.2) is 96.5 Å². The summed E-state index contributed by atoms with van der Waals surface area (Å²) >= 11 is 0. The number of aliphatic imine (C=N–C) groups is 1. The van der Waals surface area contributed by atoms with E-state index in [-0.39, 0.29) is 0 Å². The van der Waals surface area contributed by atoms with Crippen molar-refractivity contribution in [1.82, 2.24) is 14.9 Å². The molecule has 0 amide bonds. The van der Waals surface area contributed by atoms with Gasteiger partial charge >= 0.3 is 0 Å². The van der Waals surface area contributed by atoms with Crippen molar-refractivity contribution in [2.24, 2.45) is 4.99 Å². The molecule has 6 nitrogen and oxygen atoms in total. The zero-order valence-corrected chi connectivity index (χ0v) is 18.1. The number of rotatable bonds is 3. The molecule has 2 aliphatic heterocycles. The molecule has 0 fully saturated rings. The van der Waals surface area contributed by atoms with Gasteiger partial charge in [-0.3, -0.25) is 15.0 Å². The number of benzene rings is 3. The van der Waals surface area contributed by atoms with Gasteiger partial charge in [-0.25, -0.2) is 0 Å². The molecule has 3 heterocycles. The maximum Gasteiger partial charge on any atom is 0.151 e. The molecular formula is C27H21N5O. The molecule has 3 aromatic carbocycles. The van der Waals surface area contributed by atoms with Crippen molar-refractivity contribution in [3.05, 3.63) is 97.1 Å². The molecule has 0 N–H and O–H groups in total. The Bertz CT molecular complexity index is 1350. The Morgan fingerprint density at radius 2 is 1.58 bits per heavy atom. The number of aromatic nitrogens is 2. The number of nitrogens with zero attached hydrogens (tertiary/aromatic N) is 5. The van der Waals surface area contributed by atoms with E-state index in [0.717, 1.165) is 57.6 Å². The smallest absolute Gasteiger partial charge is 0.151 e. The number of para-hydroxylation sites is 4. The van der Waals surface area contributed by atoms with Crippen LogP contribution in [0.4, 0.5) is 17.1 Å². The van der Waals surface area contributed by atoms with Crippen LogP contribution in [-0.2, 0) is 0 Å². The normalized spacial score (nSPS) is 14.3. The van der Waals surface area contributed by atoms with Crippen molar-refractivity contribution in [2.75, 3.05) is 18.5 Å². The molecular weight excluding hydrogens is 410 g/mol. The van der Waals surface area contributed by atoms with Crippen molar-refractivity contribution >= 4 is 29.0 Å². The van der Waals surface area contributed by atoms with E-state index in [1.54, 1.807) is 18.6 Å². The molecule has 0 bridgehead atoms. The van der Waals surface area contributed by atoms with E-state index in [1.807, 2.05) is 48.8 Å². The van der Waals surface area contributed by atoms with Crippen LogP contribution in [0.2, 0.25) is 0 Å². The van der Waals surface area contributed by atoms with Crippen LogP contribution >= 0.6 is 0 Å². The third-order valence-electron chi connectivity index (χ3n) is 5.83. The first-order valence-electron chi connectivity index (χ1n) is 10.8. The zero-order valence-electron chi connectivity index (χ0n) is 18.1. The summed E-state index contributed by atoms with van der Waals surface area (Å²) in [7, 11) is 2.07. The standard InChI is InChI=1S/C27H21N5O/c1-31-13-12-29-18-25(31)20-14-19(22-17-28-10-11-30-22)15-21(16-20)32-23-6-2-4-8-26(23)33-27-9-5-3-7-24(27)32/h2-12,14-18H,13H2,1H3. The van der Waals surface area contributed by atoms with Gasteiger partial charge in [-0.1, -0.05) is 24.3 Å². The van der Waals surface area contributed by atoms with Crippen LogP contribution in [0.5, 0.6) is 11.5 Å². The Morgan fingerprint density at radius 3 is 2.27 bits per heavy atom. The van der Waals surface area contributed by atoms with Gasteiger partial charge in [-0.05, 0) is 42.5 Å².